The van der Waals surface area contributed by atoms with Crippen molar-refractivity contribution in [2.45, 2.75) is 6.54 Å². The molecule has 0 amide bonds. The van der Waals surface area contributed by atoms with Crippen LogP contribution < -0.4 is 5.32 Å². The van der Waals surface area contributed by atoms with Gasteiger partial charge in [-0.05, 0) is 24.3 Å². The Morgan fingerprint density at radius 1 is 1.20 bits per heavy atom. The van der Waals surface area contributed by atoms with E-state index < -0.39 is 0 Å². The molecule has 0 unspecified atom stereocenters. The van der Waals surface area contributed by atoms with E-state index in [1.807, 2.05) is 12.1 Å². The zero-order valence-electron chi connectivity index (χ0n) is 13.1. The van der Waals surface area contributed by atoms with Crippen molar-refractivity contribution in [2.75, 3.05) is 5.32 Å². The van der Waals surface area contributed by atoms with E-state index in [0.717, 1.165) is 11.1 Å². The van der Waals surface area contributed by atoms with Crippen molar-refractivity contribution >= 4 is 29.6 Å². The predicted molar refractivity (Wildman–Crippen MR) is 94.2 cm³/mol. The van der Waals surface area contributed by atoms with Crippen molar-refractivity contribution in [1.29, 1.82) is 0 Å². The number of aromatic amines is 1. The molecule has 6 nitrogen and oxygen atoms in total. The molecule has 7 heteroatoms. The van der Waals surface area contributed by atoms with Crippen LogP contribution in [0.4, 0.5) is 16.2 Å². The molecule has 2 aromatic heterocycles. The van der Waals surface area contributed by atoms with Crippen molar-refractivity contribution in [1.82, 2.24) is 15.0 Å². The molecule has 0 bridgehead atoms. The second-order valence-electron chi connectivity index (χ2n) is 5.50. The molecule has 1 aliphatic rings. The van der Waals surface area contributed by atoms with Crippen LogP contribution in [-0.4, -0.2) is 26.3 Å². The van der Waals surface area contributed by atoms with Gasteiger partial charge in [-0.1, -0.05) is 18.2 Å². The SMILES string of the molecule is Oc1nc(NCc2ccccc2F)[nH]c1C=C1C=Nc2ncccc21. The van der Waals surface area contributed by atoms with Crippen LogP contribution in [0.2, 0.25) is 0 Å². The van der Waals surface area contributed by atoms with Gasteiger partial charge in [0.2, 0.25) is 11.8 Å². The lowest BCUT2D eigenvalue weighted by atomic mass is 10.1. The Hall–Kier alpha value is -3.48. The van der Waals surface area contributed by atoms with Crippen LogP contribution in [0.1, 0.15) is 16.8 Å². The smallest absolute Gasteiger partial charge is 0.238 e. The first-order chi connectivity index (χ1) is 12.2. The maximum atomic E-state index is 13.6. The minimum atomic E-state index is -0.292. The van der Waals surface area contributed by atoms with Crippen molar-refractivity contribution < 1.29 is 9.50 Å². The van der Waals surface area contributed by atoms with Gasteiger partial charge in [-0.3, -0.25) is 0 Å². The van der Waals surface area contributed by atoms with E-state index in [9.17, 15) is 9.50 Å². The second kappa shape index (κ2) is 6.20. The Morgan fingerprint density at radius 3 is 2.96 bits per heavy atom. The fourth-order valence-electron chi connectivity index (χ4n) is 2.58. The van der Waals surface area contributed by atoms with Gasteiger partial charge in [-0.2, -0.15) is 4.98 Å². The molecule has 0 saturated heterocycles. The zero-order chi connectivity index (χ0) is 17.2. The molecule has 0 aliphatic carbocycles. The largest absolute Gasteiger partial charge is 0.492 e. The van der Waals surface area contributed by atoms with Crippen LogP contribution in [0, 0.1) is 5.82 Å². The number of H-pyrrole nitrogens is 1. The normalized spacial score (nSPS) is 14.0. The quantitative estimate of drug-likeness (QED) is 0.681. The number of nitrogens with zero attached hydrogens (tertiary/aromatic N) is 3. The van der Waals surface area contributed by atoms with Crippen molar-refractivity contribution in [3.05, 3.63) is 65.2 Å². The topological polar surface area (TPSA) is 86.2 Å². The standard InChI is InChI=1S/C18H14FN5O/c19-14-6-2-1-4-11(14)9-22-18-23-15(17(25)24-18)8-12-10-21-16-13(12)5-3-7-20-16/h1-8,10,25H,9H2,(H2,22,23,24). The van der Waals surface area contributed by atoms with E-state index in [1.54, 1.807) is 36.7 Å². The zero-order valence-corrected chi connectivity index (χ0v) is 13.1. The molecule has 25 heavy (non-hydrogen) atoms. The number of rotatable bonds is 4. The Kier molecular flexibility index (Phi) is 3.74. The van der Waals surface area contributed by atoms with Crippen molar-refractivity contribution in [3.63, 3.8) is 0 Å². The number of halogens is 1. The molecule has 0 atom stereocenters. The van der Waals surface area contributed by atoms with Crippen LogP contribution in [-0.2, 0) is 6.54 Å². The first kappa shape index (κ1) is 15.1. The van der Waals surface area contributed by atoms with Crippen LogP contribution in [0.5, 0.6) is 5.88 Å². The number of aromatic hydroxyl groups is 1. The Balaban J connectivity index is 1.55. The van der Waals surface area contributed by atoms with Gasteiger partial charge in [-0.25, -0.2) is 14.4 Å². The van der Waals surface area contributed by atoms with Gasteiger partial charge in [0.25, 0.3) is 0 Å². The number of aromatic nitrogens is 3. The monoisotopic (exact) mass is 335 g/mol. The first-order valence-electron chi connectivity index (χ1n) is 7.68. The minimum Gasteiger partial charge on any atom is -0.492 e. The lowest BCUT2D eigenvalue weighted by molar-refractivity contribution is 0.455. The fourth-order valence-corrected chi connectivity index (χ4v) is 2.58. The average Bonchev–Trinajstić information content (AvgIpc) is 3.19. The lowest BCUT2D eigenvalue weighted by Crippen LogP contribution is -2.02. The summed E-state index contributed by atoms with van der Waals surface area (Å²) in [4.78, 5) is 15.4. The summed E-state index contributed by atoms with van der Waals surface area (Å²) in [5.41, 5.74) is 2.66. The number of anilines is 1. The number of allylic oxidation sites excluding steroid dienone is 1. The van der Waals surface area contributed by atoms with Gasteiger partial charge >= 0.3 is 0 Å². The average molecular weight is 335 g/mol. The lowest BCUT2D eigenvalue weighted by Gasteiger charge is -2.03. The Labute approximate surface area is 142 Å². The molecule has 1 aliphatic heterocycles. The highest BCUT2D eigenvalue weighted by atomic mass is 19.1. The molecule has 1 aromatic carbocycles. The Morgan fingerprint density at radius 2 is 2.08 bits per heavy atom. The number of nitrogens with one attached hydrogen (secondary N) is 2. The van der Waals surface area contributed by atoms with E-state index in [0.29, 0.717) is 23.0 Å². The van der Waals surface area contributed by atoms with E-state index in [2.05, 4.69) is 25.3 Å². The molecule has 0 radical (unpaired) electrons. The number of imidazole rings is 1. The van der Waals surface area contributed by atoms with E-state index in [1.165, 1.54) is 6.07 Å². The highest BCUT2D eigenvalue weighted by molar-refractivity contribution is 6.20. The minimum absolute atomic E-state index is 0.144. The number of aliphatic imine (C=N–C) groups is 1. The van der Waals surface area contributed by atoms with Gasteiger partial charge in [0.15, 0.2) is 5.82 Å². The molecule has 4 rings (SSSR count). The number of fused-ring (bicyclic) bond motifs is 1. The van der Waals surface area contributed by atoms with Crippen LogP contribution in [0.25, 0.3) is 11.6 Å². The number of hydrogen-bond acceptors (Lipinski definition) is 5. The third-order valence-corrected chi connectivity index (χ3v) is 3.84. The maximum absolute atomic E-state index is 13.6. The van der Waals surface area contributed by atoms with Gasteiger partial charge in [0, 0.05) is 35.7 Å². The summed E-state index contributed by atoms with van der Waals surface area (Å²) in [6.07, 6.45) is 5.11. The van der Waals surface area contributed by atoms with E-state index in [-0.39, 0.29) is 18.2 Å². The molecular formula is C18H14FN5O. The van der Waals surface area contributed by atoms with Gasteiger partial charge < -0.3 is 15.4 Å². The molecule has 3 aromatic rings. The molecule has 3 N–H and O–H groups in total. The van der Waals surface area contributed by atoms with Gasteiger partial charge in [0.1, 0.15) is 11.5 Å². The van der Waals surface area contributed by atoms with Crippen molar-refractivity contribution in [2.24, 2.45) is 4.99 Å². The van der Waals surface area contributed by atoms with E-state index >= 15 is 0 Å². The fraction of sp³-hybridized carbons (Fsp3) is 0.0556. The van der Waals surface area contributed by atoms with Crippen molar-refractivity contribution in [3.8, 4) is 5.88 Å². The third kappa shape index (κ3) is 2.99. The summed E-state index contributed by atoms with van der Waals surface area (Å²) in [5.74, 6) is 0.563. The molecule has 3 heterocycles. The summed E-state index contributed by atoms with van der Waals surface area (Å²) >= 11 is 0. The first-order valence-corrected chi connectivity index (χ1v) is 7.68. The molecular weight excluding hydrogens is 321 g/mol. The summed E-state index contributed by atoms with van der Waals surface area (Å²) in [6, 6.07) is 10.2. The van der Waals surface area contributed by atoms with Crippen LogP contribution in [0.3, 0.4) is 0 Å². The highest BCUT2D eigenvalue weighted by Gasteiger charge is 2.15. The number of hydrogen-bond donors (Lipinski definition) is 3. The number of pyridine rings is 1. The van der Waals surface area contributed by atoms with Crippen LogP contribution >= 0.6 is 0 Å². The summed E-state index contributed by atoms with van der Waals surface area (Å²) < 4.78 is 13.6. The van der Waals surface area contributed by atoms with Crippen LogP contribution in [0.15, 0.2) is 47.6 Å². The van der Waals surface area contributed by atoms with Gasteiger partial charge in [0.05, 0.1) is 0 Å². The molecule has 0 fully saturated rings. The maximum Gasteiger partial charge on any atom is 0.238 e. The van der Waals surface area contributed by atoms with Gasteiger partial charge in [-0.15, -0.1) is 0 Å². The molecule has 0 saturated carbocycles. The predicted octanol–water partition coefficient (Wildman–Crippen LogP) is 3.52. The molecule has 124 valence electrons. The highest BCUT2D eigenvalue weighted by Crippen LogP contribution is 2.31. The van der Waals surface area contributed by atoms with E-state index in [4.69, 9.17) is 0 Å². The number of benzene rings is 1. The summed E-state index contributed by atoms with van der Waals surface area (Å²) in [5, 5.41) is 13.0. The Bertz CT molecular complexity index is 993. The molecule has 0 spiro atoms. The third-order valence-electron chi connectivity index (χ3n) is 3.84. The second-order valence-corrected chi connectivity index (χ2v) is 5.50. The summed E-state index contributed by atoms with van der Waals surface area (Å²) in [7, 11) is 0. The summed E-state index contributed by atoms with van der Waals surface area (Å²) in [6.45, 7) is 0.254.